The van der Waals surface area contributed by atoms with E-state index < -0.39 is 5.97 Å². The molecule has 0 aromatic heterocycles. The highest BCUT2D eigenvalue weighted by atomic mass is 16.5. The average Bonchev–Trinajstić information content (AvgIpc) is 2.29. The maximum absolute atomic E-state index is 11.9. The first-order chi connectivity index (χ1) is 8.60. The van der Waals surface area contributed by atoms with Crippen molar-refractivity contribution in [1.29, 1.82) is 5.26 Å². The van der Waals surface area contributed by atoms with Crippen LogP contribution >= 0.6 is 0 Å². The summed E-state index contributed by atoms with van der Waals surface area (Å²) in [5, 5.41) is 8.76. The van der Waals surface area contributed by atoms with Gasteiger partial charge in [-0.3, -0.25) is 4.79 Å². The highest BCUT2D eigenvalue weighted by Gasteiger charge is 2.17. The average molecular weight is 245 g/mol. The molecule has 0 N–H and O–H groups in total. The van der Waals surface area contributed by atoms with Crippen molar-refractivity contribution < 1.29 is 14.3 Å². The summed E-state index contributed by atoms with van der Waals surface area (Å²) in [5.74, 6) is -0.505. The molecule has 0 fully saturated rings. The van der Waals surface area contributed by atoms with Gasteiger partial charge in [-0.2, -0.15) is 5.26 Å². The van der Waals surface area contributed by atoms with Crippen molar-refractivity contribution in [2.24, 2.45) is 0 Å². The molecular weight excluding hydrogens is 230 g/mol. The third-order valence-corrected chi connectivity index (χ3v) is 2.43. The standard InChI is InChI=1S/C14H15NO3/c1-3-18-14(17)13-11(7-8-15)5-4-6-12(13)9-10(2)16/h4-6H,3,7,9H2,1-2H3. The number of hydrogen-bond donors (Lipinski definition) is 0. The first-order valence-corrected chi connectivity index (χ1v) is 5.74. The number of esters is 1. The van der Waals surface area contributed by atoms with Crippen LogP contribution in [-0.2, 0) is 22.4 Å². The molecule has 0 bridgehead atoms. The number of carbonyl (C=O) groups is 2. The van der Waals surface area contributed by atoms with Gasteiger partial charge in [-0.1, -0.05) is 18.2 Å². The normalized spacial score (nSPS) is 9.61. The quantitative estimate of drug-likeness (QED) is 0.745. The van der Waals surface area contributed by atoms with Crippen molar-refractivity contribution in [3.8, 4) is 6.07 Å². The number of nitriles is 1. The van der Waals surface area contributed by atoms with Crippen molar-refractivity contribution in [3.63, 3.8) is 0 Å². The Kier molecular flexibility index (Phi) is 5.06. The summed E-state index contributed by atoms with van der Waals surface area (Å²) in [4.78, 5) is 23.1. The molecule has 1 rings (SSSR count). The summed E-state index contributed by atoms with van der Waals surface area (Å²) in [7, 11) is 0. The van der Waals surface area contributed by atoms with Crippen LogP contribution in [0.3, 0.4) is 0 Å². The number of ether oxygens (including phenoxy) is 1. The van der Waals surface area contributed by atoms with Gasteiger partial charge in [-0.15, -0.1) is 0 Å². The predicted octanol–water partition coefficient (Wildman–Crippen LogP) is 2.06. The Morgan fingerprint density at radius 2 is 2.00 bits per heavy atom. The molecule has 0 saturated heterocycles. The smallest absolute Gasteiger partial charge is 0.338 e. The number of rotatable bonds is 5. The van der Waals surface area contributed by atoms with Gasteiger partial charge < -0.3 is 4.74 Å². The second kappa shape index (κ2) is 6.55. The topological polar surface area (TPSA) is 67.2 Å². The van der Waals surface area contributed by atoms with E-state index in [0.717, 1.165) is 0 Å². The molecule has 0 aliphatic carbocycles. The molecule has 1 aromatic rings. The highest BCUT2D eigenvalue weighted by molar-refractivity contribution is 5.94. The fourth-order valence-corrected chi connectivity index (χ4v) is 1.77. The van der Waals surface area contributed by atoms with Crippen molar-refractivity contribution >= 4 is 11.8 Å². The number of carbonyl (C=O) groups excluding carboxylic acids is 2. The summed E-state index contributed by atoms with van der Waals surface area (Å²) < 4.78 is 4.98. The molecule has 0 atom stereocenters. The third-order valence-electron chi connectivity index (χ3n) is 2.43. The Morgan fingerprint density at radius 1 is 1.33 bits per heavy atom. The van der Waals surface area contributed by atoms with Crippen LogP contribution in [0.25, 0.3) is 0 Å². The number of Topliss-reactive ketones (excluding diaryl/α,β-unsaturated/α-hetero) is 1. The minimum absolute atomic E-state index is 0.0327. The van der Waals surface area contributed by atoms with Crippen LogP contribution in [0.2, 0.25) is 0 Å². The van der Waals surface area contributed by atoms with Crippen LogP contribution in [0.15, 0.2) is 18.2 Å². The Morgan fingerprint density at radius 3 is 2.56 bits per heavy atom. The van der Waals surface area contributed by atoms with E-state index in [1.54, 1.807) is 25.1 Å². The molecule has 4 nitrogen and oxygen atoms in total. The summed E-state index contributed by atoms with van der Waals surface area (Å²) in [6, 6.07) is 7.18. The monoisotopic (exact) mass is 245 g/mol. The van der Waals surface area contributed by atoms with Crippen LogP contribution in [0.4, 0.5) is 0 Å². The Balaban J connectivity index is 3.25. The van der Waals surface area contributed by atoms with Gasteiger partial charge in [0.2, 0.25) is 0 Å². The van der Waals surface area contributed by atoms with E-state index >= 15 is 0 Å². The molecular formula is C14H15NO3. The number of ketones is 1. The Bertz CT molecular complexity index is 500. The SMILES string of the molecule is CCOC(=O)c1c(CC#N)cccc1CC(C)=O. The van der Waals surface area contributed by atoms with Gasteiger partial charge in [0, 0.05) is 6.42 Å². The molecule has 0 amide bonds. The minimum atomic E-state index is -0.473. The van der Waals surface area contributed by atoms with E-state index in [1.165, 1.54) is 6.92 Å². The van der Waals surface area contributed by atoms with Gasteiger partial charge in [0.1, 0.15) is 5.78 Å². The van der Waals surface area contributed by atoms with E-state index in [-0.39, 0.29) is 25.2 Å². The van der Waals surface area contributed by atoms with Gasteiger partial charge in [-0.25, -0.2) is 4.79 Å². The maximum Gasteiger partial charge on any atom is 0.338 e. The molecule has 0 heterocycles. The summed E-state index contributed by atoms with van der Waals surface area (Å²) in [6.07, 6.45) is 0.299. The number of nitrogens with zero attached hydrogens (tertiary/aromatic N) is 1. The number of hydrogen-bond acceptors (Lipinski definition) is 4. The lowest BCUT2D eigenvalue weighted by Crippen LogP contribution is -2.13. The van der Waals surface area contributed by atoms with Crippen molar-refractivity contribution in [1.82, 2.24) is 0 Å². The molecule has 0 aliphatic rings. The molecule has 0 unspecified atom stereocenters. The number of benzene rings is 1. The molecule has 0 aliphatic heterocycles. The van der Waals surface area contributed by atoms with E-state index in [1.807, 2.05) is 6.07 Å². The van der Waals surface area contributed by atoms with Gasteiger partial charge in [0.05, 0.1) is 24.7 Å². The van der Waals surface area contributed by atoms with E-state index in [9.17, 15) is 9.59 Å². The first kappa shape index (κ1) is 13.9. The molecule has 94 valence electrons. The van der Waals surface area contributed by atoms with Crippen LogP contribution in [-0.4, -0.2) is 18.4 Å². The largest absolute Gasteiger partial charge is 0.462 e. The van der Waals surface area contributed by atoms with Crippen molar-refractivity contribution in [3.05, 3.63) is 34.9 Å². The summed E-state index contributed by atoms with van der Waals surface area (Å²) >= 11 is 0. The lowest BCUT2D eigenvalue weighted by molar-refractivity contribution is -0.116. The fourth-order valence-electron chi connectivity index (χ4n) is 1.77. The molecule has 4 heteroatoms. The zero-order valence-electron chi connectivity index (χ0n) is 10.5. The van der Waals surface area contributed by atoms with Gasteiger partial charge in [-0.05, 0) is 25.0 Å². The van der Waals surface area contributed by atoms with Crippen molar-refractivity contribution in [2.45, 2.75) is 26.7 Å². The van der Waals surface area contributed by atoms with Crippen LogP contribution in [0.5, 0.6) is 0 Å². The van der Waals surface area contributed by atoms with E-state index in [0.29, 0.717) is 16.7 Å². The lowest BCUT2D eigenvalue weighted by Gasteiger charge is -2.11. The second-order valence-electron chi connectivity index (χ2n) is 3.89. The summed E-state index contributed by atoms with van der Waals surface area (Å²) in [6.45, 7) is 3.45. The zero-order valence-corrected chi connectivity index (χ0v) is 10.5. The van der Waals surface area contributed by atoms with E-state index in [4.69, 9.17) is 10.00 Å². The molecule has 0 spiro atoms. The van der Waals surface area contributed by atoms with Gasteiger partial charge in [0.15, 0.2) is 0 Å². The molecule has 0 saturated carbocycles. The zero-order chi connectivity index (χ0) is 13.5. The van der Waals surface area contributed by atoms with Crippen LogP contribution in [0, 0.1) is 11.3 Å². The minimum Gasteiger partial charge on any atom is -0.462 e. The Labute approximate surface area is 106 Å². The second-order valence-corrected chi connectivity index (χ2v) is 3.89. The molecule has 1 aromatic carbocycles. The lowest BCUT2D eigenvalue weighted by atomic mass is 9.96. The van der Waals surface area contributed by atoms with Gasteiger partial charge in [0.25, 0.3) is 0 Å². The van der Waals surface area contributed by atoms with E-state index in [2.05, 4.69) is 0 Å². The van der Waals surface area contributed by atoms with Crippen LogP contribution < -0.4 is 0 Å². The Hall–Kier alpha value is -2.15. The van der Waals surface area contributed by atoms with Gasteiger partial charge >= 0.3 is 5.97 Å². The third kappa shape index (κ3) is 3.42. The predicted molar refractivity (Wildman–Crippen MR) is 66.1 cm³/mol. The van der Waals surface area contributed by atoms with Crippen LogP contribution in [0.1, 0.15) is 35.3 Å². The maximum atomic E-state index is 11.9. The highest BCUT2D eigenvalue weighted by Crippen LogP contribution is 2.18. The summed E-state index contributed by atoms with van der Waals surface area (Å²) in [5.41, 5.74) is 1.58. The molecule has 0 radical (unpaired) electrons. The van der Waals surface area contributed by atoms with Crippen molar-refractivity contribution in [2.75, 3.05) is 6.61 Å². The first-order valence-electron chi connectivity index (χ1n) is 5.74. The fraction of sp³-hybridized carbons (Fsp3) is 0.357. The molecule has 18 heavy (non-hydrogen) atoms.